The van der Waals surface area contributed by atoms with Crippen LogP contribution in [-0.2, 0) is 11.3 Å². The van der Waals surface area contributed by atoms with E-state index in [1.807, 2.05) is 36.4 Å². The number of carbonyl (C=O) groups is 2. The molecular formula is C26H29NO4. The minimum atomic E-state index is -0.127. The van der Waals surface area contributed by atoms with Crippen LogP contribution in [0.4, 0.5) is 0 Å². The highest BCUT2D eigenvalue weighted by Gasteiger charge is 2.27. The first-order valence-corrected chi connectivity index (χ1v) is 11.0. The summed E-state index contributed by atoms with van der Waals surface area (Å²) < 4.78 is 11.7. The molecule has 1 amide bonds. The number of amides is 1. The van der Waals surface area contributed by atoms with Crippen LogP contribution in [0.3, 0.4) is 0 Å². The van der Waals surface area contributed by atoms with Crippen LogP contribution in [0.5, 0.6) is 11.5 Å². The number of nitrogens with zero attached hydrogens (tertiary/aromatic N) is 1. The Kier molecular flexibility index (Phi) is 6.70. The average Bonchev–Trinajstić information content (AvgIpc) is 3.50. The number of allylic oxidation sites excluding steroid dienone is 2. The first kappa shape index (κ1) is 21.2. The Morgan fingerprint density at radius 1 is 1.06 bits per heavy atom. The van der Waals surface area contributed by atoms with Crippen LogP contribution in [-0.4, -0.2) is 30.3 Å². The fourth-order valence-electron chi connectivity index (χ4n) is 4.37. The summed E-state index contributed by atoms with van der Waals surface area (Å²) in [5.41, 5.74) is 2.50. The molecule has 5 nitrogen and oxygen atoms in total. The molecule has 1 saturated carbocycles. The van der Waals surface area contributed by atoms with E-state index in [9.17, 15) is 9.59 Å². The van der Waals surface area contributed by atoms with Gasteiger partial charge in [0.15, 0.2) is 11.5 Å². The van der Waals surface area contributed by atoms with E-state index in [-0.39, 0.29) is 17.9 Å². The smallest absolute Gasteiger partial charge is 0.258 e. The van der Waals surface area contributed by atoms with Gasteiger partial charge in [0, 0.05) is 17.2 Å². The highest BCUT2D eigenvalue weighted by molar-refractivity contribution is 5.96. The average molecular weight is 420 g/mol. The Morgan fingerprint density at radius 3 is 2.52 bits per heavy atom. The largest absolute Gasteiger partial charge is 0.493 e. The van der Waals surface area contributed by atoms with Gasteiger partial charge in [-0.25, -0.2) is 0 Å². The lowest BCUT2D eigenvalue weighted by atomic mass is 10.1. The Balaban J connectivity index is 1.63. The van der Waals surface area contributed by atoms with Crippen LogP contribution in [0.15, 0.2) is 60.3 Å². The van der Waals surface area contributed by atoms with Crippen molar-refractivity contribution in [3.8, 4) is 11.5 Å². The second-order valence-corrected chi connectivity index (χ2v) is 8.26. The molecule has 1 unspecified atom stereocenters. The van der Waals surface area contributed by atoms with Gasteiger partial charge in [0.25, 0.3) is 5.91 Å². The third-order valence-electron chi connectivity index (χ3n) is 6.10. The molecule has 2 aromatic carbocycles. The standard InChI is InChI=1S/C26H29NO4/c1-30-24-14-12-21(16-25(24)31-23-9-5-6-10-23)26(29)27(17-19-7-3-2-4-8-19)22-13-11-20(15-22)18-28/h2-4,7-8,12,14-16,18,20,23H,5-6,9-11,13,17H2,1H3. The summed E-state index contributed by atoms with van der Waals surface area (Å²) in [6.07, 6.45) is 8.91. The van der Waals surface area contributed by atoms with Crippen molar-refractivity contribution in [3.05, 3.63) is 71.4 Å². The lowest BCUT2D eigenvalue weighted by Crippen LogP contribution is -2.29. The Labute approximate surface area is 183 Å². The lowest BCUT2D eigenvalue weighted by Gasteiger charge is -2.25. The van der Waals surface area contributed by atoms with Gasteiger partial charge in [-0.2, -0.15) is 0 Å². The Morgan fingerprint density at radius 2 is 1.84 bits per heavy atom. The minimum absolute atomic E-state index is 0.0967. The number of hydrogen-bond donors (Lipinski definition) is 0. The molecule has 2 aromatic rings. The van der Waals surface area contributed by atoms with Crippen molar-refractivity contribution in [3.63, 3.8) is 0 Å². The van der Waals surface area contributed by atoms with E-state index < -0.39 is 0 Å². The van der Waals surface area contributed by atoms with Crippen LogP contribution in [0.2, 0.25) is 0 Å². The molecule has 4 rings (SSSR count). The third kappa shape index (κ3) is 4.98. The number of rotatable bonds is 8. The lowest BCUT2D eigenvalue weighted by molar-refractivity contribution is -0.109. The maximum absolute atomic E-state index is 13.6. The monoisotopic (exact) mass is 419 g/mol. The molecule has 0 radical (unpaired) electrons. The normalized spacial score (nSPS) is 18.5. The number of carbonyl (C=O) groups excluding carboxylic acids is 2. The summed E-state index contributed by atoms with van der Waals surface area (Å²) in [6, 6.07) is 15.3. The summed E-state index contributed by atoms with van der Waals surface area (Å²) in [4.78, 5) is 26.7. The zero-order valence-electron chi connectivity index (χ0n) is 18.0. The molecule has 1 fully saturated rings. The third-order valence-corrected chi connectivity index (χ3v) is 6.10. The van der Waals surface area contributed by atoms with E-state index >= 15 is 0 Å². The van der Waals surface area contributed by atoms with E-state index in [4.69, 9.17) is 9.47 Å². The summed E-state index contributed by atoms with van der Waals surface area (Å²) in [5.74, 6) is 1.03. The molecule has 0 spiro atoms. The van der Waals surface area contributed by atoms with Crippen LogP contribution in [0.25, 0.3) is 0 Å². The molecule has 0 aliphatic heterocycles. The second-order valence-electron chi connectivity index (χ2n) is 8.26. The molecule has 2 aliphatic carbocycles. The molecule has 1 atom stereocenters. The predicted octanol–water partition coefficient (Wildman–Crippen LogP) is 5.15. The number of methoxy groups -OCH3 is 1. The van der Waals surface area contributed by atoms with E-state index in [0.29, 0.717) is 30.0 Å². The highest BCUT2D eigenvalue weighted by atomic mass is 16.5. The van der Waals surface area contributed by atoms with Crippen LogP contribution in [0.1, 0.15) is 54.4 Å². The fraction of sp³-hybridized carbons (Fsp3) is 0.385. The molecule has 0 bridgehead atoms. The molecule has 0 aromatic heterocycles. The molecule has 0 N–H and O–H groups in total. The highest BCUT2D eigenvalue weighted by Crippen LogP contribution is 2.34. The zero-order chi connectivity index (χ0) is 21.6. The van der Waals surface area contributed by atoms with Gasteiger partial charge < -0.3 is 19.2 Å². The van der Waals surface area contributed by atoms with E-state index in [1.165, 1.54) is 12.8 Å². The fourth-order valence-corrected chi connectivity index (χ4v) is 4.37. The zero-order valence-corrected chi connectivity index (χ0v) is 18.0. The summed E-state index contributed by atoms with van der Waals surface area (Å²) in [6.45, 7) is 0.460. The number of aldehydes is 1. The molecule has 0 saturated heterocycles. The van der Waals surface area contributed by atoms with Crippen LogP contribution >= 0.6 is 0 Å². The Bertz CT molecular complexity index is 947. The molecule has 0 heterocycles. The van der Waals surface area contributed by atoms with Crippen molar-refractivity contribution < 1.29 is 19.1 Å². The predicted molar refractivity (Wildman–Crippen MR) is 119 cm³/mol. The number of ether oxygens (including phenoxy) is 2. The summed E-state index contributed by atoms with van der Waals surface area (Å²) >= 11 is 0. The molecule has 2 aliphatic rings. The summed E-state index contributed by atoms with van der Waals surface area (Å²) in [5, 5.41) is 0. The number of benzene rings is 2. The van der Waals surface area contributed by atoms with Crippen LogP contribution < -0.4 is 9.47 Å². The van der Waals surface area contributed by atoms with Crippen molar-refractivity contribution in [2.75, 3.05) is 7.11 Å². The molecule has 162 valence electrons. The first-order chi connectivity index (χ1) is 15.2. The molecule has 31 heavy (non-hydrogen) atoms. The first-order valence-electron chi connectivity index (χ1n) is 11.0. The molecule has 5 heteroatoms. The number of hydrogen-bond acceptors (Lipinski definition) is 4. The quantitative estimate of drug-likeness (QED) is 0.555. The van der Waals surface area contributed by atoms with E-state index in [2.05, 4.69) is 0 Å². The van der Waals surface area contributed by atoms with E-state index in [1.54, 1.807) is 30.2 Å². The van der Waals surface area contributed by atoms with Gasteiger partial charge in [-0.1, -0.05) is 36.4 Å². The van der Waals surface area contributed by atoms with Gasteiger partial charge in [0.2, 0.25) is 0 Å². The van der Waals surface area contributed by atoms with Crippen molar-refractivity contribution in [2.45, 2.75) is 51.2 Å². The Hall–Kier alpha value is -3.08. The second kappa shape index (κ2) is 9.82. The minimum Gasteiger partial charge on any atom is -0.493 e. The van der Waals surface area contributed by atoms with Gasteiger partial charge in [-0.3, -0.25) is 4.79 Å². The SMILES string of the molecule is COc1ccc(C(=O)N(Cc2ccccc2)C2=CC(C=O)CC2)cc1OC1CCCC1. The van der Waals surface area contributed by atoms with Gasteiger partial charge in [0.1, 0.15) is 6.29 Å². The maximum Gasteiger partial charge on any atom is 0.258 e. The van der Waals surface area contributed by atoms with Gasteiger partial charge in [-0.05, 0) is 62.3 Å². The molecular weight excluding hydrogens is 390 g/mol. The van der Waals surface area contributed by atoms with Gasteiger partial charge in [0.05, 0.1) is 19.8 Å². The van der Waals surface area contributed by atoms with Crippen LogP contribution in [0, 0.1) is 5.92 Å². The maximum atomic E-state index is 13.6. The van der Waals surface area contributed by atoms with Gasteiger partial charge >= 0.3 is 0 Å². The summed E-state index contributed by atoms with van der Waals surface area (Å²) in [7, 11) is 1.61. The topological polar surface area (TPSA) is 55.8 Å². The van der Waals surface area contributed by atoms with Crippen molar-refractivity contribution >= 4 is 12.2 Å². The van der Waals surface area contributed by atoms with Crippen molar-refractivity contribution in [1.29, 1.82) is 0 Å². The van der Waals surface area contributed by atoms with Gasteiger partial charge in [-0.15, -0.1) is 0 Å². The van der Waals surface area contributed by atoms with Crippen molar-refractivity contribution in [1.82, 2.24) is 4.90 Å². The van der Waals surface area contributed by atoms with Crippen molar-refractivity contribution in [2.24, 2.45) is 5.92 Å². The van der Waals surface area contributed by atoms with E-state index in [0.717, 1.165) is 36.8 Å².